The third-order valence-electron chi connectivity index (χ3n) is 2.20. The van der Waals surface area contributed by atoms with Gasteiger partial charge in [-0.15, -0.1) is 0 Å². The summed E-state index contributed by atoms with van der Waals surface area (Å²) >= 11 is 0. The van der Waals surface area contributed by atoms with E-state index in [2.05, 4.69) is 14.8 Å². The van der Waals surface area contributed by atoms with Gasteiger partial charge in [0.25, 0.3) is 5.69 Å². The van der Waals surface area contributed by atoms with Crippen LogP contribution in [0.5, 0.6) is 0 Å². The predicted octanol–water partition coefficient (Wildman–Crippen LogP) is 0.644. The van der Waals surface area contributed by atoms with Crippen LogP contribution in [0.15, 0.2) is 24.3 Å². The van der Waals surface area contributed by atoms with Crippen LogP contribution in [0.2, 0.25) is 0 Å². The minimum atomic E-state index is -1.09. The Morgan fingerprint density at radius 3 is 2.80 bits per heavy atom. The number of amides is 1. The molecule has 1 atom stereocenters. The molecule has 20 heavy (non-hydrogen) atoms. The van der Waals surface area contributed by atoms with Gasteiger partial charge in [-0.2, -0.15) is 0 Å². The van der Waals surface area contributed by atoms with Crippen molar-refractivity contribution in [1.82, 2.24) is 0 Å². The number of hydrogen-bond acceptors (Lipinski definition) is 7. The number of nitrogens with two attached hydrogens (primary N) is 1. The number of nitro groups is 1. The first-order valence-electron chi connectivity index (χ1n) is 5.45. The minimum absolute atomic E-state index is 0.172. The van der Waals surface area contributed by atoms with E-state index in [1.54, 1.807) is 0 Å². The lowest BCUT2D eigenvalue weighted by Gasteiger charge is -2.10. The summed E-state index contributed by atoms with van der Waals surface area (Å²) in [5, 5.41) is 12.8. The molecular formula is C11H13N3O6. The molecule has 0 spiro atoms. The smallest absolute Gasteiger partial charge is 0.411 e. The number of esters is 1. The molecule has 0 bridgehead atoms. The summed E-state index contributed by atoms with van der Waals surface area (Å²) in [6.07, 6.45) is -0.884. The first-order chi connectivity index (χ1) is 9.43. The molecule has 108 valence electrons. The molecule has 1 aromatic carbocycles. The van der Waals surface area contributed by atoms with E-state index in [9.17, 15) is 19.7 Å². The van der Waals surface area contributed by atoms with Gasteiger partial charge in [0, 0.05) is 12.1 Å². The van der Waals surface area contributed by atoms with Crippen LogP contribution in [-0.2, 0) is 14.3 Å². The number of hydrogen-bond donors (Lipinski definition) is 2. The Bertz CT molecular complexity index is 519. The summed E-state index contributed by atoms with van der Waals surface area (Å²) in [5.74, 6) is -0.715. The van der Waals surface area contributed by atoms with Crippen molar-refractivity contribution in [2.24, 2.45) is 5.73 Å². The molecule has 9 nitrogen and oxygen atoms in total. The lowest BCUT2D eigenvalue weighted by Crippen LogP contribution is -2.37. The Labute approximate surface area is 113 Å². The van der Waals surface area contributed by atoms with Crippen LogP contribution in [0.1, 0.15) is 0 Å². The number of non-ortho nitro benzene ring substituents is 1. The molecule has 0 saturated heterocycles. The Morgan fingerprint density at radius 2 is 2.20 bits per heavy atom. The highest BCUT2D eigenvalue weighted by Gasteiger charge is 2.16. The van der Waals surface area contributed by atoms with Gasteiger partial charge in [0.1, 0.15) is 12.6 Å². The average Bonchev–Trinajstić information content (AvgIpc) is 2.44. The third-order valence-corrected chi connectivity index (χ3v) is 2.20. The fraction of sp³-hybridized carbons (Fsp3) is 0.273. The van der Waals surface area contributed by atoms with Crippen LogP contribution in [0.3, 0.4) is 0 Å². The first kappa shape index (κ1) is 15.4. The van der Waals surface area contributed by atoms with Crippen molar-refractivity contribution in [3.8, 4) is 0 Å². The van der Waals surface area contributed by atoms with Gasteiger partial charge in [0.2, 0.25) is 0 Å². The molecule has 0 radical (unpaired) electrons. The number of nitrogens with zero attached hydrogens (tertiary/aromatic N) is 1. The van der Waals surface area contributed by atoms with E-state index in [4.69, 9.17) is 5.73 Å². The zero-order valence-corrected chi connectivity index (χ0v) is 10.6. The van der Waals surface area contributed by atoms with Gasteiger partial charge < -0.3 is 15.2 Å². The molecule has 1 unspecified atom stereocenters. The molecule has 1 amide bonds. The van der Waals surface area contributed by atoms with E-state index in [0.717, 1.165) is 7.11 Å². The summed E-state index contributed by atoms with van der Waals surface area (Å²) in [6, 6.07) is 4.23. The number of anilines is 1. The van der Waals surface area contributed by atoms with Crippen LogP contribution in [0.25, 0.3) is 0 Å². The summed E-state index contributed by atoms with van der Waals surface area (Å²) in [4.78, 5) is 32.3. The van der Waals surface area contributed by atoms with Crippen LogP contribution in [0, 0.1) is 10.1 Å². The highest BCUT2D eigenvalue weighted by atomic mass is 16.6. The zero-order chi connectivity index (χ0) is 15.1. The molecular weight excluding hydrogens is 270 g/mol. The topological polar surface area (TPSA) is 134 Å². The fourth-order valence-electron chi connectivity index (χ4n) is 1.24. The fourth-order valence-corrected chi connectivity index (χ4v) is 1.24. The van der Waals surface area contributed by atoms with E-state index in [-0.39, 0.29) is 18.0 Å². The summed E-state index contributed by atoms with van der Waals surface area (Å²) in [5.41, 5.74) is 5.38. The third kappa shape index (κ3) is 4.53. The maximum atomic E-state index is 11.4. The number of carbonyl (C=O) groups is 2. The monoisotopic (exact) mass is 283 g/mol. The highest BCUT2D eigenvalue weighted by Crippen LogP contribution is 2.17. The highest BCUT2D eigenvalue weighted by molar-refractivity contribution is 5.85. The van der Waals surface area contributed by atoms with Crippen molar-refractivity contribution >= 4 is 23.4 Å². The number of nitro benzene ring substituents is 1. The predicted molar refractivity (Wildman–Crippen MR) is 68.1 cm³/mol. The van der Waals surface area contributed by atoms with E-state index >= 15 is 0 Å². The molecule has 0 heterocycles. The Hall–Kier alpha value is -2.68. The molecule has 1 rings (SSSR count). The van der Waals surface area contributed by atoms with E-state index in [1.165, 1.54) is 24.3 Å². The Kier molecular flexibility index (Phi) is 5.42. The minimum Gasteiger partial charge on any atom is -0.468 e. The quantitative estimate of drug-likeness (QED) is 0.460. The van der Waals surface area contributed by atoms with Gasteiger partial charge in [-0.3, -0.25) is 20.2 Å². The van der Waals surface area contributed by atoms with Gasteiger partial charge in [0.15, 0.2) is 0 Å². The van der Waals surface area contributed by atoms with E-state index < -0.39 is 23.0 Å². The number of rotatable bonds is 5. The Morgan fingerprint density at radius 1 is 1.50 bits per heavy atom. The van der Waals surface area contributed by atoms with Crippen molar-refractivity contribution < 1.29 is 24.0 Å². The van der Waals surface area contributed by atoms with Gasteiger partial charge in [-0.1, -0.05) is 6.07 Å². The molecule has 0 aliphatic carbocycles. The normalized spacial score (nSPS) is 11.3. The van der Waals surface area contributed by atoms with Crippen molar-refractivity contribution in [2.45, 2.75) is 6.04 Å². The second-order valence-electron chi connectivity index (χ2n) is 3.66. The van der Waals surface area contributed by atoms with Crippen molar-refractivity contribution in [3.05, 3.63) is 34.4 Å². The molecule has 0 saturated carbocycles. The zero-order valence-electron chi connectivity index (χ0n) is 10.6. The molecule has 0 fully saturated rings. The van der Waals surface area contributed by atoms with Crippen molar-refractivity contribution in [1.29, 1.82) is 0 Å². The van der Waals surface area contributed by atoms with Crippen LogP contribution >= 0.6 is 0 Å². The number of methoxy groups -OCH3 is 1. The first-order valence-corrected chi connectivity index (χ1v) is 5.45. The molecule has 9 heteroatoms. The molecule has 3 N–H and O–H groups in total. The van der Waals surface area contributed by atoms with Crippen molar-refractivity contribution in [2.75, 3.05) is 19.0 Å². The maximum Gasteiger partial charge on any atom is 0.411 e. The molecule has 0 aliphatic heterocycles. The maximum absolute atomic E-state index is 11.4. The van der Waals surface area contributed by atoms with Gasteiger partial charge in [-0.25, -0.2) is 4.79 Å². The standard InChI is InChI=1S/C11H13N3O6/c1-19-10(15)9(12)6-20-11(16)13-7-3-2-4-8(5-7)14(17)18/h2-5,9H,6,12H2,1H3,(H,13,16). The lowest BCUT2D eigenvalue weighted by molar-refractivity contribution is -0.384. The molecule has 0 aliphatic rings. The summed E-state index contributed by atoms with van der Waals surface area (Å²) in [7, 11) is 1.16. The SMILES string of the molecule is COC(=O)C(N)COC(=O)Nc1cccc([N+](=O)[O-])c1. The lowest BCUT2D eigenvalue weighted by atomic mass is 10.3. The molecule has 0 aromatic heterocycles. The second-order valence-corrected chi connectivity index (χ2v) is 3.66. The summed E-state index contributed by atoms with van der Waals surface area (Å²) < 4.78 is 9.04. The largest absolute Gasteiger partial charge is 0.468 e. The average molecular weight is 283 g/mol. The van der Waals surface area contributed by atoms with Gasteiger partial charge in [-0.05, 0) is 6.07 Å². The van der Waals surface area contributed by atoms with E-state index in [0.29, 0.717) is 0 Å². The van der Waals surface area contributed by atoms with Gasteiger partial charge in [0.05, 0.1) is 17.7 Å². The molecule has 1 aromatic rings. The number of carbonyl (C=O) groups excluding carboxylic acids is 2. The van der Waals surface area contributed by atoms with Crippen LogP contribution in [-0.4, -0.2) is 36.7 Å². The second kappa shape index (κ2) is 7.04. The van der Waals surface area contributed by atoms with Crippen LogP contribution in [0.4, 0.5) is 16.2 Å². The van der Waals surface area contributed by atoms with Crippen molar-refractivity contribution in [3.63, 3.8) is 0 Å². The van der Waals surface area contributed by atoms with Gasteiger partial charge >= 0.3 is 12.1 Å². The van der Waals surface area contributed by atoms with Crippen LogP contribution < -0.4 is 11.1 Å². The number of ether oxygens (including phenoxy) is 2. The Balaban J connectivity index is 2.52. The number of nitrogens with one attached hydrogen (secondary N) is 1. The van der Waals surface area contributed by atoms with E-state index in [1.807, 2.05) is 0 Å². The number of benzene rings is 1. The summed E-state index contributed by atoms with van der Waals surface area (Å²) in [6.45, 7) is -0.368.